The number of carbonyl (C=O) groups is 2. The molecule has 0 aromatic rings. The normalized spacial score (nSPS) is 26.3. The standard InChI is InChI=1S/C17H27N5O3/c1-5-22-13-12(6-7-18-14(13)23)19-15(22)20-8-10-21(11-9-20)16(24)25-17(2,3)4/h6-7,12-13H,5,8-11H2,1-4H3,(H,18,23). The zero-order valence-electron chi connectivity index (χ0n) is 15.4. The van der Waals surface area contributed by atoms with Gasteiger partial charge < -0.3 is 24.8 Å². The first-order valence-electron chi connectivity index (χ1n) is 8.84. The molecule has 1 N–H and O–H groups in total. The molecule has 2 unspecified atom stereocenters. The maximum Gasteiger partial charge on any atom is 0.410 e. The Morgan fingerprint density at radius 2 is 2.00 bits per heavy atom. The Kier molecular flexibility index (Phi) is 4.62. The van der Waals surface area contributed by atoms with Crippen molar-refractivity contribution in [2.45, 2.75) is 45.4 Å². The molecular weight excluding hydrogens is 322 g/mol. The van der Waals surface area contributed by atoms with Gasteiger partial charge in [0.05, 0.1) is 0 Å². The van der Waals surface area contributed by atoms with Gasteiger partial charge >= 0.3 is 6.09 Å². The van der Waals surface area contributed by atoms with Gasteiger partial charge in [0.2, 0.25) is 5.91 Å². The summed E-state index contributed by atoms with van der Waals surface area (Å²) < 4.78 is 5.44. The highest BCUT2D eigenvalue weighted by Gasteiger charge is 2.43. The van der Waals surface area contributed by atoms with Crippen molar-refractivity contribution >= 4 is 18.0 Å². The van der Waals surface area contributed by atoms with Crippen LogP contribution in [-0.4, -0.2) is 83.1 Å². The summed E-state index contributed by atoms with van der Waals surface area (Å²) in [5, 5.41) is 2.76. The molecule has 0 aromatic heterocycles. The van der Waals surface area contributed by atoms with Crippen LogP contribution in [0.1, 0.15) is 27.7 Å². The highest BCUT2D eigenvalue weighted by atomic mass is 16.6. The highest BCUT2D eigenvalue weighted by Crippen LogP contribution is 2.24. The third-order valence-corrected chi connectivity index (χ3v) is 4.52. The van der Waals surface area contributed by atoms with E-state index in [1.807, 2.05) is 38.7 Å². The molecule has 8 nitrogen and oxygen atoms in total. The molecule has 2 amide bonds. The summed E-state index contributed by atoms with van der Waals surface area (Å²) in [6, 6.07) is -0.401. The minimum Gasteiger partial charge on any atom is -0.444 e. The number of ether oxygens (including phenoxy) is 1. The second-order valence-corrected chi connectivity index (χ2v) is 7.47. The lowest BCUT2D eigenvalue weighted by atomic mass is 10.1. The van der Waals surface area contributed by atoms with E-state index in [1.54, 1.807) is 11.1 Å². The van der Waals surface area contributed by atoms with Gasteiger partial charge in [0.1, 0.15) is 17.7 Å². The maximum atomic E-state index is 12.2. The fourth-order valence-electron chi connectivity index (χ4n) is 3.36. The SMILES string of the molecule is CCN1C(N2CCN(C(=O)OC(C)(C)C)CC2)=NC2C=CNC(=O)C21. The van der Waals surface area contributed by atoms with E-state index >= 15 is 0 Å². The van der Waals surface area contributed by atoms with Crippen LogP contribution in [0.25, 0.3) is 0 Å². The molecule has 138 valence electrons. The number of hydrogen-bond acceptors (Lipinski definition) is 6. The Bertz CT molecular complexity index is 602. The van der Waals surface area contributed by atoms with Gasteiger partial charge in [0.25, 0.3) is 0 Å². The topological polar surface area (TPSA) is 77.5 Å². The predicted octanol–water partition coefficient (Wildman–Crippen LogP) is 0.611. The number of fused-ring (bicyclic) bond motifs is 1. The van der Waals surface area contributed by atoms with Crippen molar-refractivity contribution < 1.29 is 14.3 Å². The third kappa shape index (κ3) is 3.57. The molecule has 25 heavy (non-hydrogen) atoms. The van der Waals surface area contributed by atoms with Crippen molar-refractivity contribution in [3.05, 3.63) is 12.3 Å². The smallest absolute Gasteiger partial charge is 0.410 e. The average molecular weight is 349 g/mol. The van der Waals surface area contributed by atoms with Crippen molar-refractivity contribution in [2.75, 3.05) is 32.7 Å². The van der Waals surface area contributed by atoms with Gasteiger partial charge in [-0.25, -0.2) is 9.79 Å². The van der Waals surface area contributed by atoms with E-state index < -0.39 is 5.60 Å². The Balaban J connectivity index is 1.64. The highest BCUT2D eigenvalue weighted by molar-refractivity contribution is 5.94. The van der Waals surface area contributed by atoms with E-state index in [9.17, 15) is 9.59 Å². The molecule has 0 spiro atoms. The Morgan fingerprint density at radius 3 is 2.60 bits per heavy atom. The summed E-state index contributed by atoms with van der Waals surface area (Å²) in [4.78, 5) is 35.1. The van der Waals surface area contributed by atoms with Crippen LogP contribution in [0.4, 0.5) is 4.79 Å². The quantitative estimate of drug-likeness (QED) is 0.751. The van der Waals surface area contributed by atoms with Crippen LogP contribution < -0.4 is 5.32 Å². The van der Waals surface area contributed by atoms with Crippen molar-refractivity contribution in [1.29, 1.82) is 0 Å². The number of piperazine rings is 1. The summed E-state index contributed by atoms with van der Waals surface area (Å²) in [5.74, 6) is 0.837. The zero-order chi connectivity index (χ0) is 18.2. The van der Waals surface area contributed by atoms with Gasteiger partial charge in [-0.2, -0.15) is 0 Å². The lowest BCUT2D eigenvalue weighted by Gasteiger charge is -2.39. The fourth-order valence-corrected chi connectivity index (χ4v) is 3.36. The van der Waals surface area contributed by atoms with E-state index in [1.165, 1.54) is 0 Å². The van der Waals surface area contributed by atoms with Crippen LogP contribution in [0.5, 0.6) is 0 Å². The van der Waals surface area contributed by atoms with Gasteiger partial charge in [-0.15, -0.1) is 0 Å². The number of rotatable bonds is 1. The number of likely N-dealkylation sites (N-methyl/N-ethyl adjacent to an activating group) is 1. The van der Waals surface area contributed by atoms with E-state index in [-0.39, 0.29) is 24.1 Å². The number of nitrogens with zero attached hydrogens (tertiary/aromatic N) is 4. The minimum atomic E-state index is -0.488. The molecule has 0 radical (unpaired) electrons. The number of amides is 2. The monoisotopic (exact) mass is 349 g/mol. The summed E-state index contributed by atoms with van der Waals surface area (Å²) in [6.07, 6.45) is 3.33. The first kappa shape index (κ1) is 17.6. The van der Waals surface area contributed by atoms with E-state index in [0.29, 0.717) is 32.7 Å². The lowest BCUT2D eigenvalue weighted by Crippen LogP contribution is -2.57. The van der Waals surface area contributed by atoms with Gasteiger partial charge in [-0.1, -0.05) is 0 Å². The van der Waals surface area contributed by atoms with E-state index in [2.05, 4.69) is 10.2 Å². The van der Waals surface area contributed by atoms with Crippen LogP contribution >= 0.6 is 0 Å². The van der Waals surface area contributed by atoms with E-state index in [4.69, 9.17) is 9.73 Å². The molecule has 1 fully saturated rings. The Hall–Kier alpha value is -2.25. The fraction of sp³-hybridized carbons (Fsp3) is 0.706. The number of hydrogen-bond donors (Lipinski definition) is 1. The largest absolute Gasteiger partial charge is 0.444 e. The van der Waals surface area contributed by atoms with Crippen molar-refractivity contribution in [2.24, 2.45) is 4.99 Å². The van der Waals surface area contributed by atoms with Gasteiger partial charge in [0.15, 0.2) is 5.96 Å². The lowest BCUT2D eigenvalue weighted by molar-refractivity contribution is -0.124. The maximum absolute atomic E-state index is 12.2. The molecule has 3 rings (SSSR count). The summed E-state index contributed by atoms with van der Waals surface area (Å²) in [5.41, 5.74) is -0.488. The van der Waals surface area contributed by atoms with Gasteiger partial charge in [-0.05, 0) is 33.8 Å². The van der Waals surface area contributed by atoms with Crippen LogP contribution in [0.3, 0.4) is 0 Å². The van der Waals surface area contributed by atoms with Gasteiger partial charge in [0, 0.05) is 38.9 Å². The van der Waals surface area contributed by atoms with Crippen molar-refractivity contribution in [3.8, 4) is 0 Å². The first-order valence-corrected chi connectivity index (χ1v) is 8.84. The van der Waals surface area contributed by atoms with Crippen LogP contribution in [0.15, 0.2) is 17.3 Å². The molecule has 0 bridgehead atoms. The van der Waals surface area contributed by atoms with Gasteiger partial charge in [-0.3, -0.25) is 4.79 Å². The number of nitrogens with one attached hydrogen (secondary N) is 1. The summed E-state index contributed by atoms with van der Waals surface area (Å²) >= 11 is 0. The molecular formula is C17H27N5O3. The van der Waals surface area contributed by atoms with Crippen LogP contribution in [-0.2, 0) is 9.53 Å². The molecule has 3 heterocycles. The third-order valence-electron chi connectivity index (χ3n) is 4.52. The molecule has 3 aliphatic heterocycles. The van der Waals surface area contributed by atoms with Crippen LogP contribution in [0.2, 0.25) is 0 Å². The molecule has 0 aliphatic carbocycles. The molecule has 3 aliphatic rings. The first-order chi connectivity index (χ1) is 11.8. The van der Waals surface area contributed by atoms with E-state index in [0.717, 1.165) is 5.96 Å². The number of carbonyl (C=O) groups excluding carboxylic acids is 2. The second-order valence-electron chi connectivity index (χ2n) is 7.47. The van der Waals surface area contributed by atoms with Crippen molar-refractivity contribution in [3.63, 3.8) is 0 Å². The number of aliphatic imine (C=N–C) groups is 1. The molecule has 2 atom stereocenters. The Morgan fingerprint density at radius 1 is 1.32 bits per heavy atom. The minimum absolute atomic E-state index is 0.0134. The second kappa shape index (κ2) is 6.57. The Labute approximate surface area is 148 Å². The summed E-state index contributed by atoms with van der Waals surface area (Å²) in [6.45, 7) is 10.9. The summed E-state index contributed by atoms with van der Waals surface area (Å²) in [7, 11) is 0. The van der Waals surface area contributed by atoms with Crippen molar-refractivity contribution in [1.82, 2.24) is 20.0 Å². The average Bonchev–Trinajstić information content (AvgIpc) is 2.93. The zero-order valence-corrected chi connectivity index (χ0v) is 15.4. The molecule has 0 aromatic carbocycles. The molecule has 1 saturated heterocycles. The number of guanidine groups is 1. The predicted molar refractivity (Wildman–Crippen MR) is 94.1 cm³/mol. The van der Waals surface area contributed by atoms with Crippen LogP contribution in [0, 0.1) is 0 Å². The molecule has 0 saturated carbocycles. The molecule has 8 heteroatoms.